The summed E-state index contributed by atoms with van der Waals surface area (Å²) in [7, 11) is 0. The third-order valence-corrected chi connectivity index (χ3v) is 5.85. The minimum Gasteiger partial charge on any atom is -0.489 e. The number of rotatable bonds is 7. The van der Waals surface area contributed by atoms with Gasteiger partial charge in [0.05, 0.1) is 5.52 Å². The molecule has 5 rings (SSSR count). The van der Waals surface area contributed by atoms with E-state index in [0.29, 0.717) is 29.5 Å². The maximum atomic E-state index is 12.3. The van der Waals surface area contributed by atoms with E-state index < -0.39 is 6.09 Å². The van der Waals surface area contributed by atoms with Gasteiger partial charge < -0.3 is 14.2 Å². The number of hydrogen-bond donors (Lipinski definition) is 1. The van der Waals surface area contributed by atoms with Crippen LogP contribution in [0.25, 0.3) is 10.9 Å². The van der Waals surface area contributed by atoms with Crippen LogP contribution in [-0.2, 0) is 6.61 Å². The summed E-state index contributed by atoms with van der Waals surface area (Å²) >= 11 is 0. The molecular weight excluding hydrogens is 464 g/mol. The minimum absolute atomic E-state index is 0.478. The standard InChI is InChI=1S/C31H26N2O4/c1-21-17-25(13-14-27(21)33-31(34)37-24-11-7-4-8-12-24)36-29-15-16-32-28-19-30(22(2)18-26(28)29)35-20-23-9-5-3-6-10-23/h3-19H,20H2,1-2H3,(H,33,34). The summed E-state index contributed by atoms with van der Waals surface area (Å²) in [5.41, 5.74) is 4.37. The topological polar surface area (TPSA) is 69.7 Å². The van der Waals surface area contributed by atoms with Gasteiger partial charge in [0.1, 0.15) is 29.6 Å². The molecule has 0 aliphatic carbocycles. The maximum absolute atomic E-state index is 12.3. The molecule has 0 atom stereocenters. The summed E-state index contributed by atoms with van der Waals surface area (Å²) < 4.78 is 17.6. The number of aromatic nitrogens is 1. The van der Waals surface area contributed by atoms with E-state index in [1.165, 1.54) is 0 Å². The van der Waals surface area contributed by atoms with Crippen LogP contribution in [0.3, 0.4) is 0 Å². The molecule has 4 aromatic carbocycles. The third kappa shape index (κ3) is 5.87. The number of benzene rings is 4. The van der Waals surface area contributed by atoms with Crippen LogP contribution < -0.4 is 19.5 Å². The Kier molecular flexibility index (Phi) is 6.99. The Balaban J connectivity index is 1.30. The van der Waals surface area contributed by atoms with Gasteiger partial charge in [-0.3, -0.25) is 10.3 Å². The Morgan fingerprint density at radius 3 is 2.30 bits per heavy atom. The molecular formula is C31H26N2O4. The summed E-state index contributed by atoms with van der Waals surface area (Å²) in [5, 5.41) is 3.66. The van der Waals surface area contributed by atoms with Crippen LogP contribution in [0.1, 0.15) is 16.7 Å². The second-order valence-corrected chi connectivity index (χ2v) is 8.62. The maximum Gasteiger partial charge on any atom is 0.417 e. The quantitative estimate of drug-likeness (QED) is 0.252. The number of fused-ring (bicyclic) bond motifs is 1. The van der Waals surface area contributed by atoms with E-state index in [1.54, 1.807) is 24.4 Å². The lowest BCUT2D eigenvalue weighted by Crippen LogP contribution is -2.17. The molecule has 6 nitrogen and oxygen atoms in total. The SMILES string of the molecule is Cc1cc(Oc2ccnc3cc(OCc4ccccc4)c(C)cc23)ccc1NC(=O)Oc1ccccc1. The van der Waals surface area contributed by atoms with Crippen LogP contribution in [0.4, 0.5) is 10.5 Å². The Morgan fingerprint density at radius 1 is 0.784 bits per heavy atom. The smallest absolute Gasteiger partial charge is 0.417 e. The Labute approximate surface area is 215 Å². The van der Waals surface area contributed by atoms with Gasteiger partial charge in [-0.1, -0.05) is 48.5 Å². The second kappa shape index (κ2) is 10.8. The van der Waals surface area contributed by atoms with Crippen molar-refractivity contribution >= 4 is 22.7 Å². The van der Waals surface area contributed by atoms with Gasteiger partial charge in [0.2, 0.25) is 0 Å². The zero-order valence-corrected chi connectivity index (χ0v) is 20.6. The molecule has 0 saturated heterocycles. The van der Waals surface area contributed by atoms with Crippen LogP contribution in [0.15, 0.2) is 103 Å². The van der Waals surface area contributed by atoms with Crippen molar-refractivity contribution in [2.24, 2.45) is 0 Å². The molecule has 0 bridgehead atoms. The number of carbonyl (C=O) groups is 1. The summed E-state index contributed by atoms with van der Waals surface area (Å²) in [4.78, 5) is 16.8. The molecule has 0 aliphatic rings. The number of hydrogen-bond acceptors (Lipinski definition) is 5. The van der Waals surface area contributed by atoms with Crippen molar-refractivity contribution in [1.29, 1.82) is 0 Å². The van der Waals surface area contributed by atoms with Crippen LogP contribution in [0.2, 0.25) is 0 Å². The largest absolute Gasteiger partial charge is 0.489 e. The zero-order chi connectivity index (χ0) is 25.6. The Hall–Kier alpha value is -4.84. The van der Waals surface area contributed by atoms with Gasteiger partial charge in [-0.05, 0) is 73.0 Å². The van der Waals surface area contributed by atoms with E-state index in [-0.39, 0.29) is 0 Å². The first-order chi connectivity index (χ1) is 18.0. The zero-order valence-electron chi connectivity index (χ0n) is 20.6. The first-order valence-corrected chi connectivity index (χ1v) is 11.9. The predicted molar refractivity (Wildman–Crippen MR) is 145 cm³/mol. The fourth-order valence-electron chi connectivity index (χ4n) is 3.93. The van der Waals surface area contributed by atoms with E-state index in [4.69, 9.17) is 14.2 Å². The Morgan fingerprint density at radius 2 is 1.54 bits per heavy atom. The number of carbonyl (C=O) groups excluding carboxylic acids is 1. The number of anilines is 1. The highest BCUT2D eigenvalue weighted by molar-refractivity contribution is 5.88. The predicted octanol–water partition coefficient (Wildman–Crippen LogP) is 7.83. The first-order valence-electron chi connectivity index (χ1n) is 11.9. The number of para-hydroxylation sites is 1. The van der Waals surface area contributed by atoms with Gasteiger partial charge in [-0.15, -0.1) is 0 Å². The fraction of sp³-hybridized carbons (Fsp3) is 0.0968. The van der Waals surface area contributed by atoms with Gasteiger partial charge >= 0.3 is 6.09 Å². The summed E-state index contributed by atoms with van der Waals surface area (Å²) in [6, 6.07) is 30.3. The van der Waals surface area contributed by atoms with Gasteiger partial charge in [-0.25, -0.2) is 4.79 Å². The molecule has 0 spiro atoms. The molecule has 1 amide bonds. The second-order valence-electron chi connectivity index (χ2n) is 8.62. The van der Waals surface area contributed by atoms with Gasteiger partial charge in [0, 0.05) is 23.3 Å². The van der Waals surface area contributed by atoms with E-state index in [2.05, 4.69) is 10.3 Å². The molecule has 1 heterocycles. The van der Waals surface area contributed by atoms with E-state index in [0.717, 1.165) is 33.3 Å². The summed E-state index contributed by atoms with van der Waals surface area (Å²) in [6.45, 7) is 4.40. The highest BCUT2D eigenvalue weighted by atomic mass is 16.6. The Bertz CT molecular complexity index is 1540. The highest BCUT2D eigenvalue weighted by Crippen LogP contribution is 2.34. The number of nitrogens with one attached hydrogen (secondary N) is 1. The molecule has 0 fully saturated rings. The van der Waals surface area contributed by atoms with Crippen molar-refractivity contribution in [3.05, 3.63) is 120 Å². The van der Waals surface area contributed by atoms with Gasteiger partial charge in [-0.2, -0.15) is 0 Å². The fourth-order valence-corrected chi connectivity index (χ4v) is 3.93. The highest BCUT2D eigenvalue weighted by Gasteiger charge is 2.12. The monoisotopic (exact) mass is 490 g/mol. The van der Waals surface area contributed by atoms with Crippen LogP contribution >= 0.6 is 0 Å². The molecule has 5 aromatic rings. The summed E-state index contributed by atoms with van der Waals surface area (Å²) in [6.07, 6.45) is 1.17. The number of ether oxygens (including phenoxy) is 3. The normalized spacial score (nSPS) is 10.6. The molecule has 0 saturated carbocycles. The van der Waals surface area contributed by atoms with E-state index >= 15 is 0 Å². The van der Waals surface area contributed by atoms with Gasteiger partial charge in [0.25, 0.3) is 0 Å². The lowest BCUT2D eigenvalue weighted by Gasteiger charge is -2.14. The lowest BCUT2D eigenvalue weighted by molar-refractivity contribution is 0.215. The van der Waals surface area contributed by atoms with Crippen LogP contribution in [-0.4, -0.2) is 11.1 Å². The molecule has 37 heavy (non-hydrogen) atoms. The van der Waals surface area contributed by atoms with Crippen molar-refractivity contribution in [1.82, 2.24) is 4.98 Å². The molecule has 184 valence electrons. The van der Waals surface area contributed by atoms with Crippen LogP contribution in [0, 0.1) is 13.8 Å². The van der Waals surface area contributed by atoms with Crippen molar-refractivity contribution in [2.45, 2.75) is 20.5 Å². The third-order valence-electron chi connectivity index (χ3n) is 5.85. The number of amides is 1. The molecule has 0 unspecified atom stereocenters. The lowest BCUT2D eigenvalue weighted by atomic mass is 10.1. The summed E-state index contributed by atoms with van der Waals surface area (Å²) in [5.74, 6) is 2.60. The molecule has 1 N–H and O–H groups in total. The van der Waals surface area contributed by atoms with E-state index in [9.17, 15) is 4.79 Å². The van der Waals surface area contributed by atoms with Crippen molar-refractivity contribution < 1.29 is 19.0 Å². The number of aryl methyl sites for hydroxylation is 2. The molecule has 1 aromatic heterocycles. The minimum atomic E-state index is -0.552. The number of pyridine rings is 1. The molecule has 0 aliphatic heterocycles. The number of nitrogens with zero attached hydrogens (tertiary/aromatic N) is 1. The average molecular weight is 491 g/mol. The van der Waals surface area contributed by atoms with Crippen molar-refractivity contribution in [2.75, 3.05) is 5.32 Å². The first kappa shape index (κ1) is 23.9. The van der Waals surface area contributed by atoms with Crippen LogP contribution in [0.5, 0.6) is 23.0 Å². The molecule has 0 radical (unpaired) electrons. The van der Waals surface area contributed by atoms with Crippen molar-refractivity contribution in [3.8, 4) is 23.0 Å². The average Bonchev–Trinajstić information content (AvgIpc) is 2.91. The molecule has 6 heteroatoms. The van der Waals surface area contributed by atoms with Gasteiger partial charge in [0.15, 0.2) is 0 Å². The van der Waals surface area contributed by atoms with E-state index in [1.807, 2.05) is 92.7 Å². The van der Waals surface area contributed by atoms with Crippen molar-refractivity contribution in [3.63, 3.8) is 0 Å².